The first-order valence-corrected chi connectivity index (χ1v) is 9.01. The van der Waals surface area contributed by atoms with Crippen LogP contribution in [0.15, 0.2) is 24.3 Å². The van der Waals surface area contributed by atoms with E-state index in [1.54, 1.807) is 12.1 Å². The van der Waals surface area contributed by atoms with Crippen molar-refractivity contribution in [1.29, 1.82) is 0 Å². The predicted octanol–water partition coefficient (Wildman–Crippen LogP) is 2.07. The number of nitrogens with zero attached hydrogens (tertiary/aromatic N) is 1. The first-order chi connectivity index (χ1) is 9.86. The number of aryl methyl sites for hydroxylation is 1. The summed E-state index contributed by atoms with van der Waals surface area (Å²) in [7, 11) is -3.50. The van der Waals surface area contributed by atoms with Crippen molar-refractivity contribution in [2.24, 2.45) is 0 Å². The zero-order valence-corrected chi connectivity index (χ0v) is 13.7. The minimum Gasteiger partial charge on any atom is -0.355 e. The van der Waals surface area contributed by atoms with E-state index in [0.717, 1.165) is 35.4 Å². The number of para-hydroxylation sites is 1. The van der Waals surface area contributed by atoms with Gasteiger partial charge in [-0.15, -0.1) is 0 Å². The SMILES string of the molecule is CCCCCNC(=O)CN(c1ccccc1C)S(C)(=O)=O. The maximum Gasteiger partial charge on any atom is 0.240 e. The van der Waals surface area contributed by atoms with E-state index in [1.807, 2.05) is 19.1 Å². The summed E-state index contributed by atoms with van der Waals surface area (Å²) in [5, 5.41) is 2.76. The molecule has 0 aromatic heterocycles. The molecular formula is C15H24N2O3S. The maximum absolute atomic E-state index is 11.9. The summed E-state index contributed by atoms with van der Waals surface area (Å²) in [4.78, 5) is 11.9. The lowest BCUT2D eigenvalue weighted by Crippen LogP contribution is -2.41. The first kappa shape index (κ1) is 17.5. The third-order valence-electron chi connectivity index (χ3n) is 3.17. The lowest BCUT2D eigenvalue weighted by atomic mass is 10.2. The van der Waals surface area contributed by atoms with E-state index in [1.165, 1.54) is 0 Å². The number of benzene rings is 1. The molecule has 21 heavy (non-hydrogen) atoms. The van der Waals surface area contributed by atoms with Gasteiger partial charge in [0.2, 0.25) is 15.9 Å². The molecule has 0 aliphatic rings. The second-order valence-corrected chi connectivity index (χ2v) is 7.02. The summed E-state index contributed by atoms with van der Waals surface area (Å²) in [5.74, 6) is -0.278. The van der Waals surface area contributed by atoms with Crippen molar-refractivity contribution in [3.05, 3.63) is 29.8 Å². The van der Waals surface area contributed by atoms with Crippen LogP contribution in [0.4, 0.5) is 5.69 Å². The molecule has 118 valence electrons. The predicted molar refractivity (Wildman–Crippen MR) is 85.9 cm³/mol. The van der Waals surface area contributed by atoms with E-state index in [0.29, 0.717) is 12.2 Å². The van der Waals surface area contributed by atoms with Crippen LogP contribution in [0.25, 0.3) is 0 Å². The van der Waals surface area contributed by atoms with Gasteiger partial charge in [0, 0.05) is 6.54 Å². The zero-order valence-electron chi connectivity index (χ0n) is 12.9. The largest absolute Gasteiger partial charge is 0.355 e. The minimum atomic E-state index is -3.50. The molecule has 0 unspecified atom stereocenters. The van der Waals surface area contributed by atoms with Gasteiger partial charge in [-0.3, -0.25) is 9.10 Å². The number of amides is 1. The fraction of sp³-hybridized carbons (Fsp3) is 0.533. The Morgan fingerprint density at radius 2 is 1.90 bits per heavy atom. The van der Waals surface area contributed by atoms with E-state index in [-0.39, 0.29) is 12.5 Å². The Labute approximate surface area is 127 Å². The van der Waals surface area contributed by atoms with Gasteiger partial charge < -0.3 is 5.32 Å². The number of anilines is 1. The molecule has 1 aromatic carbocycles. The number of hydrogen-bond donors (Lipinski definition) is 1. The molecule has 0 aliphatic heterocycles. The number of unbranched alkanes of at least 4 members (excludes halogenated alkanes) is 2. The Bertz CT molecular complexity index is 570. The normalized spacial score (nSPS) is 11.2. The van der Waals surface area contributed by atoms with Crippen LogP contribution >= 0.6 is 0 Å². The molecule has 1 rings (SSSR count). The first-order valence-electron chi connectivity index (χ1n) is 7.16. The molecule has 0 atom stereocenters. The average molecular weight is 312 g/mol. The molecule has 1 aromatic rings. The van der Waals surface area contributed by atoms with Crippen molar-refractivity contribution in [1.82, 2.24) is 5.32 Å². The molecule has 0 saturated carbocycles. The fourth-order valence-corrected chi connectivity index (χ4v) is 2.93. The van der Waals surface area contributed by atoms with Gasteiger partial charge in [-0.25, -0.2) is 8.42 Å². The van der Waals surface area contributed by atoms with Crippen LogP contribution in [0.5, 0.6) is 0 Å². The van der Waals surface area contributed by atoms with Crippen molar-refractivity contribution in [2.45, 2.75) is 33.1 Å². The van der Waals surface area contributed by atoms with Gasteiger partial charge in [0.05, 0.1) is 11.9 Å². The van der Waals surface area contributed by atoms with E-state index in [9.17, 15) is 13.2 Å². The molecule has 0 saturated heterocycles. The Kier molecular flexibility index (Phi) is 6.68. The van der Waals surface area contributed by atoms with E-state index in [2.05, 4.69) is 12.2 Å². The summed E-state index contributed by atoms with van der Waals surface area (Å²) >= 11 is 0. The number of carbonyl (C=O) groups is 1. The van der Waals surface area contributed by atoms with Crippen molar-refractivity contribution in [2.75, 3.05) is 23.7 Å². The topological polar surface area (TPSA) is 66.5 Å². The number of rotatable bonds is 8. The molecule has 0 heterocycles. The third-order valence-corrected chi connectivity index (χ3v) is 4.30. The van der Waals surface area contributed by atoms with Gasteiger partial charge in [0.15, 0.2) is 0 Å². The second kappa shape index (κ2) is 8.02. The van der Waals surface area contributed by atoms with Gasteiger partial charge in [0.25, 0.3) is 0 Å². The molecule has 5 nitrogen and oxygen atoms in total. The van der Waals surface area contributed by atoms with Crippen molar-refractivity contribution in [3.8, 4) is 0 Å². The van der Waals surface area contributed by atoms with Gasteiger partial charge in [-0.05, 0) is 25.0 Å². The molecule has 1 N–H and O–H groups in total. The van der Waals surface area contributed by atoms with Gasteiger partial charge in [-0.2, -0.15) is 0 Å². The Hall–Kier alpha value is -1.56. The monoisotopic (exact) mass is 312 g/mol. The molecule has 0 radical (unpaired) electrons. The Morgan fingerprint density at radius 1 is 1.24 bits per heavy atom. The van der Waals surface area contributed by atoms with Crippen LogP contribution < -0.4 is 9.62 Å². The highest BCUT2D eigenvalue weighted by atomic mass is 32.2. The van der Waals surface area contributed by atoms with Gasteiger partial charge in [-0.1, -0.05) is 38.0 Å². The number of carbonyl (C=O) groups excluding carboxylic acids is 1. The van der Waals surface area contributed by atoms with Crippen LogP contribution in [-0.2, 0) is 14.8 Å². The van der Waals surface area contributed by atoms with Crippen molar-refractivity contribution in [3.63, 3.8) is 0 Å². The summed E-state index contributed by atoms with van der Waals surface area (Å²) < 4.78 is 25.0. The Morgan fingerprint density at radius 3 is 2.48 bits per heavy atom. The lowest BCUT2D eigenvalue weighted by Gasteiger charge is -2.23. The number of nitrogens with one attached hydrogen (secondary N) is 1. The molecular weight excluding hydrogens is 288 g/mol. The van der Waals surface area contributed by atoms with Crippen LogP contribution in [0.3, 0.4) is 0 Å². The van der Waals surface area contributed by atoms with Crippen LogP contribution in [-0.4, -0.2) is 33.7 Å². The molecule has 0 aliphatic carbocycles. The quantitative estimate of drug-likeness (QED) is 0.747. The van der Waals surface area contributed by atoms with Crippen LogP contribution in [0.2, 0.25) is 0 Å². The molecule has 0 spiro atoms. The average Bonchev–Trinajstić information content (AvgIpc) is 2.41. The Balaban J connectivity index is 2.78. The highest BCUT2D eigenvalue weighted by Crippen LogP contribution is 2.21. The van der Waals surface area contributed by atoms with E-state index < -0.39 is 10.0 Å². The lowest BCUT2D eigenvalue weighted by molar-refractivity contribution is -0.119. The summed E-state index contributed by atoms with van der Waals surface area (Å²) in [6.45, 7) is 4.31. The number of sulfonamides is 1. The van der Waals surface area contributed by atoms with E-state index >= 15 is 0 Å². The third kappa shape index (κ3) is 5.75. The highest BCUT2D eigenvalue weighted by molar-refractivity contribution is 7.92. The van der Waals surface area contributed by atoms with Crippen molar-refractivity contribution < 1.29 is 13.2 Å². The molecule has 0 fully saturated rings. The van der Waals surface area contributed by atoms with Crippen LogP contribution in [0, 0.1) is 6.92 Å². The molecule has 0 bridgehead atoms. The van der Waals surface area contributed by atoms with Crippen molar-refractivity contribution >= 4 is 21.6 Å². The van der Waals surface area contributed by atoms with E-state index in [4.69, 9.17) is 0 Å². The maximum atomic E-state index is 11.9. The zero-order chi connectivity index (χ0) is 15.9. The van der Waals surface area contributed by atoms with Gasteiger partial charge in [0.1, 0.15) is 6.54 Å². The summed E-state index contributed by atoms with van der Waals surface area (Å²) in [5.41, 5.74) is 1.37. The summed E-state index contributed by atoms with van der Waals surface area (Å²) in [6.07, 6.45) is 4.15. The second-order valence-electron chi connectivity index (χ2n) is 5.11. The summed E-state index contributed by atoms with van der Waals surface area (Å²) in [6, 6.07) is 7.14. The number of hydrogen-bond acceptors (Lipinski definition) is 3. The van der Waals surface area contributed by atoms with Gasteiger partial charge >= 0.3 is 0 Å². The smallest absolute Gasteiger partial charge is 0.240 e. The van der Waals surface area contributed by atoms with Crippen LogP contribution in [0.1, 0.15) is 31.7 Å². The fourth-order valence-electron chi connectivity index (χ4n) is 2.01. The minimum absolute atomic E-state index is 0.185. The highest BCUT2D eigenvalue weighted by Gasteiger charge is 2.21. The molecule has 6 heteroatoms. The molecule has 1 amide bonds. The standard InChI is InChI=1S/C15H24N2O3S/c1-4-5-8-11-16-15(18)12-17(21(3,19)20)14-10-7-6-9-13(14)2/h6-7,9-10H,4-5,8,11-12H2,1-3H3,(H,16,18).